The Kier molecular flexibility index (Phi) is 10.2. The zero-order valence-corrected chi connectivity index (χ0v) is 23.3. The molecule has 0 saturated carbocycles. The number of Topliss-reactive ketones (excluding diaryl/α,β-unsaturated/α-hetero) is 1. The summed E-state index contributed by atoms with van der Waals surface area (Å²) in [5.41, 5.74) is 2.38. The summed E-state index contributed by atoms with van der Waals surface area (Å²) in [5, 5.41) is 12.5. The van der Waals surface area contributed by atoms with Crippen LogP contribution in [0.4, 0.5) is 0 Å². The summed E-state index contributed by atoms with van der Waals surface area (Å²) in [5.74, 6) is -2.46. The maximum absolute atomic E-state index is 13.5. The van der Waals surface area contributed by atoms with Crippen molar-refractivity contribution in [1.29, 1.82) is 0 Å². The molecule has 0 aliphatic carbocycles. The number of ether oxygens (including phenoxy) is 1. The van der Waals surface area contributed by atoms with Crippen LogP contribution >= 0.6 is 0 Å². The van der Waals surface area contributed by atoms with Gasteiger partial charge in [-0.1, -0.05) is 54.6 Å². The zero-order chi connectivity index (χ0) is 29.4. The number of carboxylic acids is 1. The molecule has 0 aromatic heterocycles. The number of hydrogen-bond acceptors (Lipinski definition) is 7. The van der Waals surface area contributed by atoms with E-state index in [1.165, 1.54) is 11.8 Å². The molecule has 10 heteroatoms. The number of aliphatic carboxylic acids is 1. The molecule has 2 N–H and O–H groups in total. The van der Waals surface area contributed by atoms with Crippen LogP contribution in [0.3, 0.4) is 0 Å². The predicted octanol–water partition coefficient (Wildman–Crippen LogP) is 2.59. The average Bonchev–Trinajstić information content (AvgIpc) is 2.97. The molecule has 2 aliphatic heterocycles. The molecule has 2 atom stereocenters. The van der Waals surface area contributed by atoms with Crippen LogP contribution in [0.25, 0.3) is 0 Å². The normalized spacial score (nSPS) is 18.2. The fourth-order valence-electron chi connectivity index (χ4n) is 5.47. The Hall–Kier alpha value is -4.05. The fourth-order valence-corrected chi connectivity index (χ4v) is 5.47. The van der Waals surface area contributed by atoms with E-state index in [0.717, 1.165) is 11.1 Å². The molecule has 1 saturated heterocycles. The highest BCUT2D eigenvalue weighted by atomic mass is 16.5. The Morgan fingerprint density at radius 1 is 0.951 bits per heavy atom. The molecule has 4 rings (SSSR count). The number of carbonyl (C=O) groups is 5. The number of nitrogens with one attached hydrogen (secondary N) is 1. The summed E-state index contributed by atoms with van der Waals surface area (Å²) < 4.78 is 5.26. The zero-order valence-electron chi connectivity index (χ0n) is 23.3. The minimum absolute atomic E-state index is 0.0151. The van der Waals surface area contributed by atoms with Gasteiger partial charge in [0.15, 0.2) is 5.78 Å². The van der Waals surface area contributed by atoms with Gasteiger partial charge >= 0.3 is 11.9 Å². The summed E-state index contributed by atoms with van der Waals surface area (Å²) in [6, 6.07) is 14.3. The molecular weight excluding hydrogens is 526 g/mol. The Morgan fingerprint density at radius 3 is 2.27 bits per heavy atom. The van der Waals surface area contributed by atoms with Gasteiger partial charge in [-0.15, -0.1) is 0 Å². The van der Waals surface area contributed by atoms with Crippen LogP contribution in [0.15, 0.2) is 54.6 Å². The molecule has 1 fully saturated rings. The van der Waals surface area contributed by atoms with Gasteiger partial charge in [0.1, 0.15) is 18.2 Å². The first-order valence-corrected chi connectivity index (χ1v) is 14.1. The van der Waals surface area contributed by atoms with Crippen LogP contribution in [0.2, 0.25) is 0 Å². The van der Waals surface area contributed by atoms with Crippen molar-refractivity contribution >= 4 is 29.5 Å². The molecule has 2 aliphatic rings. The number of fused-ring (bicyclic) bond motifs is 1. The number of rotatable bonds is 11. The minimum atomic E-state index is -1.14. The molecule has 218 valence electrons. The third-order valence-electron chi connectivity index (χ3n) is 7.75. The van der Waals surface area contributed by atoms with Gasteiger partial charge in [-0.3, -0.25) is 19.2 Å². The minimum Gasteiger partial charge on any atom is -0.480 e. The highest BCUT2D eigenvalue weighted by Gasteiger charge is 2.36. The highest BCUT2D eigenvalue weighted by molar-refractivity contribution is 5.98. The lowest BCUT2D eigenvalue weighted by atomic mass is 9.92. The van der Waals surface area contributed by atoms with E-state index in [2.05, 4.69) is 10.2 Å². The smallest absolute Gasteiger partial charge is 0.326 e. The molecule has 2 aromatic rings. The summed E-state index contributed by atoms with van der Waals surface area (Å²) >= 11 is 0. The number of carboxylic acid groups (broad SMARTS) is 1. The lowest BCUT2D eigenvalue weighted by molar-refractivity contribution is -0.149. The van der Waals surface area contributed by atoms with Crippen molar-refractivity contribution in [2.45, 2.75) is 70.2 Å². The van der Waals surface area contributed by atoms with Gasteiger partial charge in [-0.2, -0.15) is 0 Å². The maximum Gasteiger partial charge on any atom is 0.326 e. The molecule has 10 nitrogen and oxygen atoms in total. The van der Waals surface area contributed by atoms with Gasteiger partial charge in [-0.25, -0.2) is 4.79 Å². The van der Waals surface area contributed by atoms with Crippen molar-refractivity contribution in [3.8, 4) is 0 Å². The average molecular weight is 564 g/mol. The summed E-state index contributed by atoms with van der Waals surface area (Å²) in [4.78, 5) is 66.3. The Labute approximate surface area is 239 Å². The molecule has 0 spiro atoms. The second-order valence-electron chi connectivity index (χ2n) is 10.6. The van der Waals surface area contributed by atoms with Gasteiger partial charge in [0.2, 0.25) is 11.8 Å². The van der Waals surface area contributed by atoms with Crippen LogP contribution in [0.5, 0.6) is 0 Å². The second kappa shape index (κ2) is 14.0. The Bertz CT molecular complexity index is 1260. The van der Waals surface area contributed by atoms with Crippen LogP contribution < -0.4 is 5.32 Å². The number of hydrogen-bond donors (Lipinski definition) is 2. The summed E-state index contributed by atoms with van der Waals surface area (Å²) in [6.07, 6.45) is 1.65. The topological polar surface area (TPSA) is 133 Å². The van der Waals surface area contributed by atoms with Crippen LogP contribution in [0.1, 0.15) is 60.5 Å². The number of esters is 1. The third-order valence-corrected chi connectivity index (χ3v) is 7.75. The molecule has 2 aromatic carbocycles. The van der Waals surface area contributed by atoms with Gasteiger partial charge in [0.25, 0.3) is 0 Å². The molecular formula is C31H37N3O7. The van der Waals surface area contributed by atoms with E-state index in [1.54, 1.807) is 24.3 Å². The van der Waals surface area contributed by atoms with Gasteiger partial charge in [0.05, 0.1) is 0 Å². The predicted molar refractivity (Wildman–Crippen MR) is 150 cm³/mol. The maximum atomic E-state index is 13.5. The molecule has 0 radical (unpaired) electrons. The Morgan fingerprint density at radius 2 is 1.61 bits per heavy atom. The van der Waals surface area contributed by atoms with Gasteiger partial charge in [-0.05, 0) is 30.4 Å². The van der Waals surface area contributed by atoms with Crippen molar-refractivity contribution in [3.05, 3.63) is 71.3 Å². The molecule has 0 bridgehead atoms. The molecule has 1 unspecified atom stereocenters. The largest absolute Gasteiger partial charge is 0.480 e. The van der Waals surface area contributed by atoms with Crippen LogP contribution in [0, 0.1) is 0 Å². The van der Waals surface area contributed by atoms with Crippen LogP contribution in [-0.2, 0) is 36.9 Å². The quantitative estimate of drug-likeness (QED) is 0.315. The third kappa shape index (κ3) is 8.23. The van der Waals surface area contributed by atoms with Crippen LogP contribution in [-0.4, -0.2) is 82.3 Å². The van der Waals surface area contributed by atoms with Gasteiger partial charge < -0.3 is 25.0 Å². The number of nitrogens with zero attached hydrogens (tertiary/aromatic N) is 2. The molecule has 41 heavy (non-hydrogen) atoms. The van der Waals surface area contributed by atoms with E-state index in [9.17, 15) is 29.1 Å². The standard InChI is InChI=1S/C31H37N3O7/c1-21(35)41-25-13-16-33(17-14-25)18-15-26(31(39)40)32-30(38)27-19-23-9-5-6-10-24(23)20-34(27)29(37)12-11-28(36)22-7-3-2-4-8-22/h2-10,25-27H,11-20H2,1H3,(H,32,38)(H,39,40)/t26?,27-/m0/s1. The van der Waals surface area contributed by atoms with Crippen molar-refractivity contribution < 1.29 is 33.8 Å². The van der Waals surface area contributed by atoms with E-state index >= 15 is 0 Å². The lowest BCUT2D eigenvalue weighted by Gasteiger charge is -2.37. The number of piperidine rings is 1. The summed E-state index contributed by atoms with van der Waals surface area (Å²) in [6.45, 7) is 3.39. The SMILES string of the molecule is CC(=O)OC1CCN(CCC(NC(=O)[C@@H]2Cc3ccccc3CN2C(=O)CCC(=O)c2ccccc2)C(=O)O)CC1. The number of ketones is 1. The Balaban J connectivity index is 1.38. The number of amides is 2. The number of benzene rings is 2. The fraction of sp³-hybridized carbons (Fsp3) is 0.452. The van der Waals surface area contributed by atoms with E-state index < -0.39 is 24.0 Å². The lowest BCUT2D eigenvalue weighted by Crippen LogP contribution is -2.56. The van der Waals surface area contributed by atoms with E-state index in [4.69, 9.17) is 4.74 Å². The number of carbonyl (C=O) groups excluding carboxylic acids is 4. The molecule has 2 heterocycles. The first kappa shape index (κ1) is 29.9. The van der Waals surface area contributed by atoms with E-state index in [-0.39, 0.29) is 56.0 Å². The first-order chi connectivity index (χ1) is 19.7. The molecule has 2 amide bonds. The van der Waals surface area contributed by atoms with Crippen molar-refractivity contribution in [3.63, 3.8) is 0 Å². The van der Waals surface area contributed by atoms with Crippen molar-refractivity contribution in [2.24, 2.45) is 0 Å². The van der Waals surface area contributed by atoms with Crippen molar-refractivity contribution in [2.75, 3.05) is 19.6 Å². The first-order valence-electron chi connectivity index (χ1n) is 14.1. The highest BCUT2D eigenvalue weighted by Crippen LogP contribution is 2.25. The van der Waals surface area contributed by atoms with Crippen molar-refractivity contribution in [1.82, 2.24) is 15.1 Å². The van der Waals surface area contributed by atoms with Gasteiger partial charge in [0, 0.05) is 57.9 Å². The van der Waals surface area contributed by atoms with E-state index in [1.807, 2.05) is 30.3 Å². The number of likely N-dealkylation sites (tertiary alicyclic amines) is 1. The second-order valence-corrected chi connectivity index (χ2v) is 10.6. The van der Waals surface area contributed by atoms with E-state index in [0.29, 0.717) is 38.0 Å². The monoisotopic (exact) mass is 563 g/mol. The summed E-state index contributed by atoms with van der Waals surface area (Å²) in [7, 11) is 0.